The van der Waals surface area contributed by atoms with Crippen LogP contribution >= 0.6 is 55.1 Å². The van der Waals surface area contributed by atoms with Gasteiger partial charge in [0.1, 0.15) is 0 Å². The van der Waals surface area contributed by atoms with E-state index in [2.05, 4.69) is 31.9 Å². The molecule has 0 bridgehead atoms. The van der Waals surface area contributed by atoms with E-state index in [1.54, 1.807) is 0 Å². The van der Waals surface area contributed by atoms with E-state index in [-0.39, 0.29) is 5.34 Å². The molecule has 4 heteroatoms. The second-order valence-corrected chi connectivity index (χ2v) is 3.64. The van der Waals surface area contributed by atoms with Crippen LogP contribution in [0.4, 0.5) is 0 Å². The van der Waals surface area contributed by atoms with Crippen LogP contribution in [-0.2, 0) is 0 Å². The summed E-state index contributed by atoms with van der Waals surface area (Å²) in [6, 6.07) is 0. The molecule has 0 aromatic carbocycles. The zero-order chi connectivity index (χ0) is 5.41. The van der Waals surface area contributed by atoms with Gasteiger partial charge in [0.25, 0.3) is 0 Å². The van der Waals surface area contributed by atoms with Crippen LogP contribution in [0.15, 0.2) is 0 Å². The van der Waals surface area contributed by atoms with Gasteiger partial charge in [-0.05, 0) is 0 Å². The lowest BCUT2D eigenvalue weighted by Gasteiger charge is -1.43. The van der Waals surface area contributed by atoms with Crippen molar-refractivity contribution in [2.24, 2.45) is 0 Å². The van der Waals surface area contributed by atoms with Crippen molar-refractivity contribution in [1.82, 2.24) is 0 Å². The predicted molar refractivity (Wildman–Crippen MR) is 39.3 cm³/mol. The molecule has 0 saturated carbocycles. The Morgan fingerprint density at radius 1 is 1.17 bits per heavy atom. The fourth-order valence-electron chi connectivity index (χ4n) is 0. The maximum atomic E-state index is 4.76. The van der Waals surface area contributed by atoms with Crippen LogP contribution in [-0.4, -0.2) is 9.58 Å². The summed E-state index contributed by atoms with van der Waals surface area (Å²) in [6.07, 6.45) is 0. The number of rotatable bonds is 0. The quantitative estimate of drug-likeness (QED) is 0.586. The highest BCUT2D eigenvalue weighted by Crippen LogP contribution is 1.83. The minimum absolute atomic E-state index is 0.194. The van der Waals surface area contributed by atoms with Crippen LogP contribution in [0.3, 0.4) is 0 Å². The van der Waals surface area contributed by atoms with Crippen molar-refractivity contribution < 1.29 is 0 Å². The van der Waals surface area contributed by atoms with E-state index in [0.717, 1.165) is 4.24 Å². The van der Waals surface area contributed by atoms with Gasteiger partial charge in [-0.1, -0.05) is 31.9 Å². The van der Waals surface area contributed by atoms with Crippen molar-refractivity contribution in [1.29, 1.82) is 0 Å². The summed E-state index contributed by atoms with van der Waals surface area (Å²) in [7, 11) is 0. The van der Waals surface area contributed by atoms with E-state index < -0.39 is 0 Å². The summed E-state index contributed by atoms with van der Waals surface area (Å²) in [6.45, 7) is 0. The molecule has 0 aromatic rings. The minimum Gasteiger partial charge on any atom is -0.109 e. The molecular formula is C2H4Br2Cl2. The van der Waals surface area contributed by atoms with E-state index in [9.17, 15) is 0 Å². The molecule has 0 heterocycles. The molecular weight excluding hydrogens is 255 g/mol. The third-order valence-electron chi connectivity index (χ3n) is 0. The van der Waals surface area contributed by atoms with Gasteiger partial charge < -0.3 is 0 Å². The van der Waals surface area contributed by atoms with Gasteiger partial charge in [0.15, 0.2) is 0 Å². The summed E-state index contributed by atoms with van der Waals surface area (Å²) in [5, 5.41) is 0.194. The van der Waals surface area contributed by atoms with Crippen molar-refractivity contribution in [3.63, 3.8) is 0 Å². The van der Waals surface area contributed by atoms with Crippen LogP contribution in [0.2, 0.25) is 0 Å². The van der Waals surface area contributed by atoms with Gasteiger partial charge in [-0.2, -0.15) is 0 Å². The first-order chi connectivity index (χ1) is 2.83. The summed E-state index contributed by atoms with van der Waals surface area (Å²) in [5.74, 6) is 0. The Bertz CT molecular complexity index is 11.5. The van der Waals surface area contributed by atoms with E-state index in [1.165, 1.54) is 0 Å². The zero-order valence-corrected chi connectivity index (χ0v) is 7.61. The first-order valence-electron chi connectivity index (χ1n) is 1.07. The van der Waals surface area contributed by atoms with Gasteiger partial charge in [0.05, 0.1) is 9.58 Å². The molecule has 0 rings (SSSR count). The lowest BCUT2D eigenvalue weighted by molar-refractivity contribution is 2.20. The van der Waals surface area contributed by atoms with Gasteiger partial charge in [-0.25, -0.2) is 0 Å². The first-order valence-corrected chi connectivity index (χ1v) is 4.38. The van der Waals surface area contributed by atoms with Crippen molar-refractivity contribution in [2.75, 3.05) is 9.58 Å². The predicted octanol–water partition coefficient (Wildman–Crippen LogP) is 3.16. The Hall–Kier alpha value is 1.54. The normalized spacial score (nSPS) is 6.00. The summed E-state index contributed by atoms with van der Waals surface area (Å²) >= 11 is 15.7. The minimum atomic E-state index is 0.194. The lowest BCUT2D eigenvalue weighted by Crippen LogP contribution is -1.24. The van der Waals surface area contributed by atoms with Gasteiger partial charge in [-0.15, -0.1) is 23.2 Å². The Kier molecular flexibility index (Phi) is 28.1. The van der Waals surface area contributed by atoms with Gasteiger partial charge in [-0.3, -0.25) is 0 Å². The molecule has 6 heavy (non-hydrogen) atoms. The molecule has 40 valence electrons. The fraction of sp³-hybridized carbons (Fsp3) is 1.00. The molecule has 0 spiro atoms. The van der Waals surface area contributed by atoms with Crippen LogP contribution in [0.25, 0.3) is 0 Å². The van der Waals surface area contributed by atoms with Gasteiger partial charge in [0.2, 0.25) is 0 Å². The molecule has 0 atom stereocenters. The highest BCUT2D eigenvalue weighted by Gasteiger charge is 1.41. The summed E-state index contributed by atoms with van der Waals surface area (Å²) in [4.78, 5) is 0. The molecule has 0 N–H and O–H groups in total. The summed E-state index contributed by atoms with van der Waals surface area (Å²) in [5.41, 5.74) is 0. The number of hydrogen-bond donors (Lipinski definition) is 0. The number of alkyl halides is 4. The first kappa shape index (κ1) is 10.5. The van der Waals surface area contributed by atoms with Crippen LogP contribution in [0, 0.1) is 0 Å². The SMILES string of the molecule is BrCBr.ClCCl. The molecule has 0 saturated heterocycles. The Balaban J connectivity index is 0. The zero-order valence-electron chi connectivity index (χ0n) is 2.93. The van der Waals surface area contributed by atoms with Crippen molar-refractivity contribution in [2.45, 2.75) is 0 Å². The highest BCUT2D eigenvalue weighted by atomic mass is 79.9. The van der Waals surface area contributed by atoms with Crippen LogP contribution < -0.4 is 0 Å². The third kappa shape index (κ3) is 48.1. The number of hydrogen-bond acceptors (Lipinski definition) is 0. The molecule has 0 radical (unpaired) electrons. The standard InChI is InChI=1S/CH2Br2.CH2Cl2/c2*2-1-3/h2*1H2. The average molecular weight is 259 g/mol. The molecule has 0 aromatic heterocycles. The average Bonchev–Trinajstić information content (AvgIpc) is 1.39. The maximum absolute atomic E-state index is 4.76. The van der Waals surface area contributed by atoms with E-state index >= 15 is 0 Å². The largest absolute Gasteiger partial charge is 0.109 e. The van der Waals surface area contributed by atoms with E-state index in [4.69, 9.17) is 23.2 Å². The highest BCUT2D eigenvalue weighted by molar-refractivity contribution is 9.24. The van der Waals surface area contributed by atoms with E-state index in [1.807, 2.05) is 0 Å². The van der Waals surface area contributed by atoms with Crippen LogP contribution in [0.5, 0.6) is 0 Å². The summed E-state index contributed by atoms with van der Waals surface area (Å²) < 4.78 is 0.875. The molecule has 0 nitrogen and oxygen atoms in total. The Labute approximate surface area is 64.5 Å². The second-order valence-electron chi connectivity index (χ2n) is 0.202. The number of halogens is 4. The lowest BCUT2D eigenvalue weighted by atomic mass is 11.9. The maximum Gasteiger partial charge on any atom is 0.0967 e. The van der Waals surface area contributed by atoms with Crippen molar-refractivity contribution in [3.05, 3.63) is 0 Å². The van der Waals surface area contributed by atoms with Crippen molar-refractivity contribution >= 4 is 55.1 Å². The molecule has 0 fully saturated rings. The molecule has 0 amide bonds. The van der Waals surface area contributed by atoms with Gasteiger partial charge >= 0.3 is 0 Å². The molecule has 0 aliphatic rings. The van der Waals surface area contributed by atoms with Crippen molar-refractivity contribution in [3.8, 4) is 0 Å². The van der Waals surface area contributed by atoms with Gasteiger partial charge in [0, 0.05) is 0 Å². The topological polar surface area (TPSA) is 0 Å². The van der Waals surface area contributed by atoms with E-state index in [0.29, 0.717) is 0 Å². The Morgan fingerprint density at radius 2 is 1.17 bits per heavy atom. The third-order valence-corrected chi connectivity index (χ3v) is 0. The molecule has 0 unspecified atom stereocenters. The monoisotopic (exact) mass is 256 g/mol. The Morgan fingerprint density at radius 3 is 1.17 bits per heavy atom. The fourth-order valence-corrected chi connectivity index (χ4v) is 0. The molecule has 0 aliphatic carbocycles. The van der Waals surface area contributed by atoms with Crippen LogP contribution in [0.1, 0.15) is 0 Å². The second kappa shape index (κ2) is 16.0. The smallest absolute Gasteiger partial charge is 0.0967 e. The molecule has 0 aliphatic heterocycles.